The highest BCUT2D eigenvalue weighted by molar-refractivity contribution is 4.79. The van der Waals surface area contributed by atoms with Gasteiger partial charge in [-0.15, -0.1) is 0 Å². The van der Waals surface area contributed by atoms with E-state index >= 15 is 0 Å². The van der Waals surface area contributed by atoms with E-state index < -0.39 is 0 Å². The Kier molecular flexibility index (Phi) is 5.58. The van der Waals surface area contributed by atoms with Crippen molar-refractivity contribution < 1.29 is 5.11 Å². The van der Waals surface area contributed by atoms with Crippen molar-refractivity contribution in [2.24, 2.45) is 5.92 Å². The molecule has 0 bridgehead atoms. The Morgan fingerprint density at radius 1 is 1.33 bits per heavy atom. The number of hydrogen-bond donors (Lipinski definition) is 2. The molecule has 0 radical (unpaired) electrons. The molecule has 0 aliphatic heterocycles. The van der Waals surface area contributed by atoms with Gasteiger partial charge in [0.25, 0.3) is 0 Å². The van der Waals surface area contributed by atoms with Crippen molar-refractivity contribution in [3.63, 3.8) is 0 Å². The quantitative estimate of drug-likeness (QED) is 0.719. The summed E-state index contributed by atoms with van der Waals surface area (Å²) in [5.41, 5.74) is 0. The van der Waals surface area contributed by atoms with E-state index in [0.717, 1.165) is 19.0 Å². The highest BCUT2D eigenvalue weighted by Crippen LogP contribution is 2.23. The summed E-state index contributed by atoms with van der Waals surface area (Å²) in [6, 6.07) is 0.621. The van der Waals surface area contributed by atoms with Crippen molar-refractivity contribution in [2.45, 2.75) is 44.8 Å². The molecule has 3 heteroatoms. The fourth-order valence-electron chi connectivity index (χ4n) is 2.39. The van der Waals surface area contributed by atoms with E-state index in [2.05, 4.69) is 12.2 Å². The smallest absolute Gasteiger partial charge is 0.0791 e. The maximum absolute atomic E-state index is 9.73. The molecule has 3 nitrogen and oxygen atoms in total. The number of nitrogens with zero attached hydrogens (tertiary/aromatic N) is 1. The summed E-state index contributed by atoms with van der Waals surface area (Å²) in [5, 5.41) is 13.2. The van der Waals surface area contributed by atoms with Crippen LogP contribution in [-0.2, 0) is 0 Å². The SMILES string of the molecule is CC1CCCCC1NCC(O)CN(C)C. The fourth-order valence-corrected chi connectivity index (χ4v) is 2.39. The van der Waals surface area contributed by atoms with Crippen LogP contribution < -0.4 is 5.32 Å². The number of aliphatic hydroxyl groups is 1. The lowest BCUT2D eigenvalue weighted by Gasteiger charge is -2.30. The topological polar surface area (TPSA) is 35.5 Å². The first-order valence-corrected chi connectivity index (χ1v) is 6.15. The number of hydrogen-bond acceptors (Lipinski definition) is 3. The molecular formula is C12H26N2O. The first-order chi connectivity index (χ1) is 7.09. The summed E-state index contributed by atoms with van der Waals surface area (Å²) in [5.74, 6) is 0.769. The second-order valence-corrected chi connectivity index (χ2v) is 5.19. The molecule has 1 rings (SSSR count). The van der Waals surface area contributed by atoms with Gasteiger partial charge in [0.05, 0.1) is 6.10 Å². The molecule has 1 aliphatic carbocycles. The standard InChI is InChI=1S/C12H26N2O/c1-10-6-4-5-7-12(10)13-8-11(15)9-14(2)3/h10-13,15H,4-9H2,1-3H3. The molecule has 0 spiro atoms. The monoisotopic (exact) mass is 214 g/mol. The van der Waals surface area contributed by atoms with E-state index in [1.165, 1.54) is 25.7 Å². The van der Waals surface area contributed by atoms with Crippen LogP contribution in [0, 0.1) is 5.92 Å². The molecule has 0 aromatic heterocycles. The van der Waals surface area contributed by atoms with Gasteiger partial charge in [0, 0.05) is 19.1 Å². The average Bonchev–Trinajstić information content (AvgIpc) is 2.15. The number of likely N-dealkylation sites (N-methyl/N-ethyl adjacent to an activating group) is 1. The van der Waals surface area contributed by atoms with Gasteiger partial charge < -0.3 is 15.3 Å². The van der Waals surface area contributed by atoms with Crippen molar-refractivity contribution in [3.8, 4) is 0 Å². The molecule has 1 aliphatic rings. The zero-order valence-electron chi connectivity index (χ0n) is 10.4. The lowest BCUT2D eigenvalue weighted by Crippen LogP contribution is -2.43. The number of aliphatic hydroxyl groups excluding tert-OH is 1. The molecule has 0 aromatic rings. The van der Waals surface area contributed by atoms with E-state index in [1.807, 2.05) is 19.0 Å². The summed E-state index contributed by atoms with van der Waals surface area (Å²) in [7, 11) is 3.99. The van der Waals surface area contributed by atoms with E-state index in [-0.39, 0.29) is 6.10 Å². The number of rotatable bonds is 5. The van der Waals surface area contributed by atoms with Crippen molar-refractivity contribution in [1.29, 1.82) is 0 Å². The van der Waals surface area contributed by atoms with Gasteiger partial charge in [-0.05, 0) is 32.9 Å². The van der Waals surface area contributed by atoms with Gasteiger partial charge in [0.2, 0.25) is 0 Å². The van der Waals surface area contributed by atoms with Gasteiger partial charge in [-0.3, -0.25) is 0 Å². The van der Waals surface area contributed by atoms with Crippen LogP contribution in [0.1, 0.15) is 32.6 Å². The third kappa shape index (κ3) is 4.96. The van der Waals surface area contributed by atoms with Crippen LogP contribution in [-0.4, -0.2) is 49.3 Å². The van der Waals surface area contributed by atoms with Crippen LogP contribution >= 0.6 is 0 Å². The van der Waals surface area contributed by atoms with Gasteiger partial charge in [0.15, 0.2) is 0 Å². The first kappa shape index (κ1) is 12.9. The molecular weight excluding hydrogens is 188 g/mol. The first-order valence-electron chi connectivity index (χ1n) is 6.15. The Bertz CT molecular complexity index is 173. The van der Waals surface area contributed by atoms with Crippen LogP contribution in [0.5, 0.6) is 0 Å². The minimum absolute atomic E-state index is 0.242. The van der Waals surface area contributed by atoms with Crippen LogP contribution in [0.2, 0.25) is 0 Å². The maximum atomic E-state index is 9.73. The Labute approximate surface area is 93.9 Å². The Hall–Kier alpha value is -0.120. The van der Waals surface area contributed by atoms with Crippen molar-refractivity contribution in [2.75, 3.05) is 27.2 Å². The molecule has 0 saturated heterocycles. The van der Waals surface area contributed by atoms with Gasteiger partial charge in [-0.2, -0.15) is 0 Å². The molecule has 1 fully saturated rings. The van der Waals surface area contributed by atoms with Crippen LogP contribution in [0.3, 0.4) is 0 Å². The van der Waals surface area contributed by atoms with Gasteiger partial charge in [0.1, 0.15) is 0 Å². The molecule has 3 atom stereocenters. The lowest BCUT2D eigenvalue weighted by atomic mass is 9.86. The van der Waals surface area contributed by atoms with Crippen LogP contribution in [0.4, 0.5) is 0 Å². The minimum Gasteiger partial charge on any atom is -0.390 e. The van der Waals surface area contributed by atoms with E-state index in [1.54, 1.807) is 0 Å². The molecule has 0 amide bonds. The summed E-state index contributed by atoms with van der Waals surface area (Å²) >= 11 is 0. The second kappa shape index (κ2) is 6.46. The van der Waals surface area contributed by atoms with E-state index in [9.17, 15) is 5.11 Å². The summed E-state index contributed by atoms with van der Waals surface area (Å²) in [6.45, 7) is 3.79. The summed E-state index contributed by atoms with van der Waals surface area (Å²) in [6.07, 6.45) is 5.08. The fraction of sp³-hybridized carbons (Fsp3) is 1.00. The highest BCUT2D eigenvalue weighted by atomic mass is 16.3. The zero-order valence-corrected chi connectivity index (χ0v) is 10.4. The van der Waals surface area contributed by atoms with E-state index in [0.29, 0.717) is 6.04 Å². The predicted octanol–water partition coefficient (Wildman–Crippen LogP) is 1.08. The van der Waals surface area contributed by atoms with Crippen LogP contribution in [0.15, 0.2) is 0 Å². The molecule has 90 valence electrons. The third-order valence-corrected chi connectivity index (χ3v) is 3.30. The van der Waals surface area contributed by atoms with Crippen molar-refractivity contribution >= 4 is 0 Å². The van der Waals surface area contributed by atoms with Gasteiger partial charge >= 0.3 is 0 Å². The minimum atomic E-state index is -0.242. The molecule has 0 heterocycles. The molecule has 0 aromatic carbocycles. The molecule has 2 N–H and O–H groups in total. The third-order valence-electron chi connectivity index (χ3n) is 3.30. The van der Waals surface area contributed by atoms with Crippen LogP contribution in [0.25, 0.3) is 0 Å². The zero-order chi connectivity index (χ0) is 11.3. The Morgan fingerprint density at radius 3 is 2.60 bits per heavy atom. The van der Waals surface area contributed by atoms with Crippen molar-refractivity contribution in [1.82, 2.24) is 10.2 Å². The molecule has 3 unspecified atom stereocenters. The largest absolute Gasteiger partial charge is 0.390 e. The second-order valence-electron chi connectivity index (χ2n) is 5.19. The molecule has 1 saturated carbocycles. The summed E-state index contributed by atoms with van der Waals surface area (Å²) in [4.78, 5) is 2.02. The number of nitrogens with one attached hydrogen (secondary N) is 1. The van der Waals surface area contributed by atoms with Gasteiger partial charge in [-0.1, -0.05) is 19.8 Å². The predicted molar refractivity (Wildman–Crippen MR) is 64.0 cm³/mol. The summed E-state index contributed by atoms with van der Waals surface area (Å²) < 4.78 is 0. The Morgan fingerprint density at radius 2 is 2.00 bits per heavy atom. The maximum Gasteiger partial charge on any atom is 0.0791 e. The van der Waals surface area contributed by atoms with Crippen molar-refractivity contribution in [3.05, 3.63) is 0 Å². The molecule has 15 heavy (non-hydrogen) atoms. The van der Waals surface area contributed by atoms with E-state index in [4.69, 9.17) is 0 Å². The highest BCUT2D eigenvalue weighted by Gasteiger charge is 2.21. The average molecular weight is 214 g/mol. The Balaban J connectivity index is 2.17. The lowest BCUT2D eigenvalue weighted by molar-refractivity contribution is 0.124. The normalized spacial score (nSPS) is 29.4. The van der Waals surface area contributed by atoms with Gasteiger partial charge in [-0.25, -0.2) is 0 Å².